The lowest BCUT2D eigenvalue weighted by Gasteiger charge is -1.98. The van der Waals surface area contributed by atoms with Gasteiger partial charge in [0, 0.05) is 12.6 Å². The first kappa shape index (κ1) is 13.1. The molecular weight excluding hydrogens is 268 g/mol. The van der Waals surface area contributed by atoms with E-state index < -0.39 is 0 Å². The molecule has 1 fully saturated rings. The summed E-state index contributed by atoms with van der Waals surface area (Å²) in [5.74, 6) is 0. The summed E-state index contributed by atoms with van der Waals surface area (Å²) in [4.78, 5) is 5.79. The van der Waals surface area contributed by atoms with Gasteiger partial charge >= 0.3 is 0 Å². The van der Waals surface area contributed by atoms with Crippen molar-refractivity contribution in [3.8, 4) is 16.6 Å². The van der Waals surface area contributed by atoms with Gasteiger partial charge in [-0.25, -0.2) is 4.68 Å². The first-order valence-corrected chi connectivity index (χ1v) is 7.66. The van der Waals surface area contributed by atoms with Crippen LogP contribution in [-0.4, -0.2) is 15.8 Å². The maximum atomic E-state index is 8.82. The fourth-order valence-corrected chi connectivity index (χ4v) is 3.42. The van der Waals surface area contributed by atoms with Crippen LogP contribution in [0.3, 0.4) is 0 Å². The fraction of sp³-hybridized carbons (Fsp3) is 0.400. The minimum atomic E-state index is 0.468. The van der Waals surface area contributed by atoms with E-state index in [-0.39, 0.29) is 0 Å². The Morgan fingerprint density at radius 1 is 1.30 bits per heavy atom. The Hall–Kier alpha value is -1.93. The van der Waals surface area contributed by atoms with Gasteiger partial charge < -0.3 is 0 Å². The highest BCUT2D eigenvalue weighted by Crippen LogP contribution is 2.22. The van der Waals surface area contributed by atoms with Crippen LogP contribution < -0.4 is 4.80 Å². The van der Waals surface area contributed by atoms with E-state index >= 15 is 0 Å². The summed E-state index contributed by atoms with van der Waals surface area (Å²) in [7, 11) is 1.94. The molecule has 3 rings (SSSR count). The third kappa shape index (κ3) is 2.66. The predicted molar refractivity (Wildman–Crippen MR) is 79.1 cm³/mol. The van der Waals surface area contributed by atoms with Crippen molar-refractivity contribution in [3.05, 3.63) is 34.6 Å². The molecule has 0 spiro atoms. The monoisotopic (exact) mass is 284 g/mol. The van der Waals surface area contributed by atoms with Crippen molar-refractivity contribution in [2.45, 2.75) is 31.7 Å². The Kier molecular flexibility index (Phi) is 3.66. The third-order valence-electron chi connectivity index (χ3n) is 3.58. The number of nitriles is 1. The molecule has 1 aromatic carbocycles. The summed E-state index contributed by atoms with van der Waals surface area (Å²) in [6, 6.07) is 10.1. The molecule has 20 heavy (non-hydrogen) atoms. The Labute approximate surface area is 122 Å². The summed E-state index contributed by atoms with van der Waals surface area (Å²) in [6.07, 6.45) is 4.98. The van der Waals surface area contributed by atoms with Gasteiger partial charge in [-0.05, 0) is 25.0 Å². The second-order valence-electron chi connectivity index (χ2n) is 5.07. The van der Waals surface area contributed by atoms with Gasteiger partial charge in [0.15, 0.2) is 0 Å². The first-order chi connectivity index (χ1) is 9.76. The second-order valence-corrected chi connectivity index (χ2v) is 6.03. The molecule has 5 heteroatoms. The normalized spacial score (nSPS) is 16.5. The molecule has 1 aliphatic carbocycles. The van der Waals surface area contributed by atoms with E-state index in [0.29, 0.717) is 11.6 Å². The Balaban J connectivity index is 1.93. The molecule has 1 heterocycles. The van der Waals surface area contributed by atoms with Gasteiger partial charge in [-0.15, -0.1) is 0 Å². The summed E-state index contributed by atoms with van der Waals surface area (Å²) in [5.41, 5.74) is 1.71. The van der Waals surface area contributed by atoms with Crippen LogP contribution in [0.15, 0.2) is 29.3 Å². The molecule has 0 N–H and O–H groups in total. The van der Waals surface area contributed by atoms with Crippen LogP contribution in [0.1, 0.15) is 31.2 Å². The average molecular weight is 284 g/mol. The number of aromatic nitrogens is 2. The van der Waals surface area contributed by atoms with Crippen LogP contribution >= 0.6 is 11.3 Å². The average Bonchev–Trinajstić information content (AvgIpc) is 3.10. The largest absolute Gasteiger partial charge is 0.254 e. The molecule has 2 aromatic rings. The van der Waals surface area contributed by atoms with Crippen LogP contribution in [0.25, 0.3) is 10.6 Å². The number of hydrogen-bond acceptors (Lipinski definition) is 4. The SMILES string of the molecule is Cn1nc(-c2ccc(C#N)cc2)sc1=NC1CCCC1. The van der Waals surface area contributed by atoms with Crippen LogP contribution in [0, 0.1) is 11.3 Å². The molecule has 4 nitrogen and oxygen atoms in total. The smallest absolute Gasteiger partial charge is 0.203 e. The zero-order valence-electron chi connectivity index (χ0n) is 11.4. The summed E-state index contributed by atoms with van der Waals surface area (Å²) < 4.78 is 1.86. The van der Waals surface area contributed by atoms with Crippen LogP contribution in [0.4, 0.5) is 0 Å². The van der Waals surface area contributed by atoms with Gasteiger partial charge in [-0.2, -0.15) is 10.4 Å². The van der Waals surface area contributed by atoms with Gasteiger partial charge in [-0.3, -0.25) is 4.99 Å². The molecule has 0 saturated heterocycles. The number of benzene rings is 1. The minimum Gasteiger partial charge on any atom is -0.254 e. The summed E-state index contributed by atoms with van der Waals surface area (Å²) in [6.45, 7) is 0. The van der Waals surface area contributed by atoms with Gasteiger partial charge in [0.25, 0.3) is 0 Å². The van der Waals surface area contributed by atoms with E-state index in [9.17, 15) is 0 Å². The molecule has 0 aliphatic heterocycles. The van der Waals surface area contributed by atoms with Gasteiger partial charge in [0.2, 0.25) is 4.80 Å². The topological polar surface area (TPSA) is 54.0 Å². The Morgan fingerprint density at radius 2 is 2.00 bits per heavy atom. The van der Waals surface area contributed by atoms with Crippen molar-refractivity contribution in [1.29, 1.82) is 5.26 Å². The van der Waals surface area contributed by atoms with Crippen molar-refractivity contribution in [2.75, 3.05) is 0 Å². The molecule has 0 bridgehead atoms. The molecule has 1 aliphatic rings. The molecular formula is C15H16N4S. The summed E-state index contributed by atoms with van der Waals surface area (Å²) >= 11 is 1.62. The van der Waals surface area contributed by atoms with E-state index in [0.717, 1.165) is 15.4 Å². The van der Waals surface area contributed by atoms with E-state index in [1.165, 1.54) is 25.7 Å². The molecule has 0 amide bonds. The second kappa shape index (κ2) is 5.59. The quantitative estimate of drug-likeness (QED) is 0.851. The van der Waals surface area contributed by atoms with Crippen LogP contribution in [0.2, 0.25) is 0 Å². The van der Waals surface area contributed by atoms with Crippen molar-refractivity contribution in [3.63, 3.8) is 0 Å². The predicted octanol–water partition coefficient (Wildman–Crippen LogP) is 2.86. The lowest BCUT2D eigenvalue weighted by molar-refractivity contribution is 0.646. The number of aryl methyl sites for hydroxylation is 1. The molecule has 1 saturated carbocycles. The zero-order chi connectivity index (χ0) is 13.9. The lowest BCUT2D eigenvalue weighted by Crippen LogP contribution is -2.15. The molecule has 1 aromatic heterocycles. The van der Waals surface area contributed by atoms with Crippen molar-refractivity contribution in [2.24, 2.45) is 12.0 Å². The van der Waals surface area contributed by atoms with E-state index in [1.54, 1.807) is 11.3 Å². The summed E-state index contributed by atoms with van der Waals surface area (Å²) in [5, 5.41) is 14.3. The van der Waals surface area contributed by atoms with E-state index in [1.807, 2.05) is 36.0 Å². The highest BCUT2D eigenvalue weighted by atomic mass is 32.1. The van der Waals surface area contributed by atoms with Crippen LogP contribution in [-0.2, 0) is 7.05 Å². The lowest BCUT2D eigenvalue weighted by atomic mass is 10.2. The Morgan fingerprint density at radius 3 is 2.65 bits per heavy atom. The highest BCUT2D eigenvalue weighted by molar-refractivity contribution is 7.12. The van der Waals surface area contributed by atoms with E-state index in [4.69, 9.17) is 10.3 Å². The van der Waals surface area contributed by atoms with Gasteiger partial charge in [0.05, 0.1) is 17.7 Å². The van der Waals surface area contributed by atoms with E-state index in [2.05, 4.69) is 11.2 Å². The standard InChI is InChI=1S/C15H16N4S/c1-19-15(17-13-4-2-3-5-13)20-14(18-19)12-8-6-11(10-16)7-9-12/h6-9,13H,2-5H2,1H3. The van der Waals surface area contributed by atoms with Gasteiger partial charge in [-0.1, -0.05) is 36.3 Å². The molecule has 0 atom stereocenters. The van der Waals surface area contributed by atoms with Crippen molar-refractivity contribution in [1.82, 2.24) is 9.78 Å². The maximum absolute atomic E-state index is 8.82. The molecule has 0 radical (unpaired) electrons. The number of rotatable bonds is 2. The maximum Gasteiger partial charge on any atom is 0.203 e. The van der Waals surface area contributed by atoms with Crippen molar-refractivity contribution >= 4 is 11.3 Å². The Bertz CT molecular complexity index is 697. The zero-order valence-corrected chi connectivity index (χ0v) is 12.2. The highest BCUT2D eigenvalue weighted by Gasteiger charge is 2.14. The van der Waals surface area contributed by atoms with Gasteiger partial charge in [0.1, 0.15) is 5.01 Å². The molecule has 0 unspecified atom stereocenters. The molecule has 102 valence electrons. The number of hydrogen-bond donors (Lipinski definition) is 0. The minimum absolute atomic E-state index is 0.468. The van der Waals surface area contributed by atoms with Crippen molar-refractivity contribution < 1.29 is 0 Å². The number of nitrogens with zero attached hydrogens (tertiary/aromatic N) is 4. The first-order valence-electron chi connectivity index (χ1n) is 6.85. The fourth-order valence-electron chi connectivity index (χ4n) is 2.46. The third-order valence-corrected chi connectivity index (χ3v) is 4.65. The van der Waals surface area contributed by atoms with Crippen LogP contribution in [0.5, 0.6) is 0 Å².